The fourth-order valence-corrected chi connectivity index (χ4v) is 2.96. The molecule has 26 heavy (non-hydrogen) atoms. The normalized spacial score (nSPS) is 16.7. The van der Waals surface area contributed by atoms with E-state index in [1.807, 2.05) is 42.5 Å². The molecule has 1 aliphatic heterocycles. The summed E-state index contributed by atoms with van der Waals surface area (Å²) >= 11 is 0. The fraction of sp³-hybridized carbons (Fsp3) is 0.263. The van der Waals surface area contributed by atoms with Gasteiger partial charge in [-0.15, -0.1) is 0 Å². The summed E-state index contributed by atoms with van der Waals surface area (Å²) < 4.78 is 16.2. The standard InChI is InChI=1S/C19H22N4O3/c1-24-15-9-13(10-16(25-2)18(15)26-3)17(23-20)14-11-21-19(22-14)12-7-5-4-6-8-12/h4-10,14H,11,20H2,1-3H3,(H,21,22). The first-order valence-corrected chi connectivity index (χ1v) is 8.16. The lowest BCUT2D eigenvalue weighted by molar-refractivity contribution is 0.324. The zero-order valence-electron chi connectivity index (χ0n) is 15.0. The average molecular weight is 354 g/mol. The summed E-state index contributed by atoms with van der Waals surface area (Å²) in [4.78, 5) is 4.58. The SMILES string of the molecule is COc1cc(C(=NN)C2CN=C(c3ccccc3)N2)cc(OC)c1OC. The van der Waals surface area contributed by atoms with Crippen molar-refractivity contribution in [1.82, 2.24) is 5.32 Å². The van der Waals surface area contributed by atoms with Gasteiger partial charge < -0.3 is 25.4 Å². The maximum Gasteiger partial charge on any atom is 0.203 e. The summed E-state index contributed by atoms with van der Waals surface area (Å²) in [5, 5.41) is 7.39. The number of methoxy groups -OCH3 is 3. The molecule has 0 fully saturated rings. The van der Waals surface area contributed by atoms with Crippen molar-refractivity contribution in [1.29, 1.82) is 0 Å². The second kappa shape index (κ2) is 7.77. The average Bonchev–Trinajstić information content (AvgIpc) is 3.18. The van der Waals surface area contributed by atoms with E-state index in [1.165, 1.54) is 0 Å². The summed E-state index contributed by atoms with van der Waals surface area (Å²) in [6.07, 6.45) is 0. The molecule has 0 spiro atoms. The second-order valence-electron chi connectivity index (χ2n) is 5.68. The van der Waals surface area contributed by atoms with Gasteiger partial charge in [0, 0.05) is 11.1 Å². The third-order valence-electron chi connectivity index (χ3n) is 4.22. The minimum Gasteiger partial charge on any atom is -0.493 e. The summed E-state index contributed by atoms with van der Waals surface area (Å²) in [5.41, 5.74) is 2.47. The molecular weight excluding hydrogens is 332 g/mol. The first-order chi connectivity index (χ1) is 12.7. The van der Waals surface area contributed by atoms with E-state index in [9.17, 15) is 0 Å². The van der Waals surface area contributed by atoms with Crippen LogP contribution in [0, 0.1) is 0 Å². The maximum atomic E-state index is 5.71. The van der Waals surface area contributed by atoms with Crippen LogP contribution in [0.25, 0.3) is 0 Å². The van der Waals surface area contributed by atoms with E-state index < -0.39 is 0 Å². The quantitative estimate of drug-likeness (QED) is 0.469. The monoisotopic (exact) mass is 354 g/mol. The molecule has 0 saturated carbocycles. The topological polar surface area (TPSA) is 90.5 Å². The van der Waals surface area contributed by atoms with Crippen LogP contribution in [0.2, 0.25) is 0 Å². The number of nitrogens with one attached hydrogen (secondary N) is 1. The van der Waals surface area contributed by atoms with E-state index in [0.29, 0.717) is 29.5 Å². The van der Waals surface area contributed by atoms with Crippen molar-refractivity contribution in [3.63, 3.8) is 0 Å². The lowest BCUT2D eigenvalue weighted by Crippen LogP contribution is -2.38. The van der Waals surface area contributed by atoms with Gasteiger partial charge in [-0.3, -0.25) is 4.99 Å². The number of ether oxygens (including phenoxy) is 3. The van der Waals surface area contributed by atoms with Crippen LogP contribution in [-0.2, 0) is 0 Å². The number of nitrogens with zero attached hydrogens (tertiary/aromatic N) is 2. The Morgan fingerprint density at radius 1 is 1.08 bits per heavy atom. The van der Waals surface area contributed by atoms with Crippen LogP contribution in [-0.4, -0.2) is 45.5 Å². The van der Waals surface area contributed by atoms with Crippen LogP contribution in [0.3, 0.4) is 0 Å². The zero-order valence-corrected chi connectivity index (χ0v) is 15.0. The third-order valence-corrected chi connectivity index (χ3v) is 4.22. The Labute approximate surface area is 152 Å². The molecule has 1 aliphatic rings. The molecule has 0 aliphatic carbocycles. The molecule has 1 atom stereocenters. The Balaban J connectivity index is 1.89. The lowest BCUT2D eigenvalue weighted by atomic mass is 10.0. The van der Waals surface area contributed by atoms with Crippen LogP contribution >= 0.6 is 0 Å². The molecule has 0 aromatic heterocycles. The number of amidine groups is 1. The van der Waals surface area contributed by atoms with Gasteiger partial charge in [0.25, 0.3) is 0 Å². The van der Waals surface area contributed by atoms with Gasteiger partial charge in [0.15, 0.2) is 11.5 Å². The first-order valence-electron chi connectivity index (χ1n) is 8.16. The van der Waals surface area contributed by atoms with Gasteiger partial charge in [-0.25, -0.2) is 0 Å². The predicted octanol–water partition coefficient (Wildman–Crippen LogP) is 1.79. The highest BCUT2D eigenvalue weighted by atomic mass is 16.5. The Hall–Kier alpha value is -3.22. The molecule has 0 saturated heterocycles. The molecule has 1 heterocycles. The van der Waals surface area contributed by atoms with Crippen molar-refractivity contribution < 1.29 is 14.2 Å². The molecule has 2 aromatic rings. The molecule has 0 bridgehead atoms. The number of rotatable bonds is 6. The summed E-state index contributed by atoms with van der Waals surface area (Å²) in [6, 6.07) is 13.5. The maximum absolute atomic E-state index is 5.71. The van der Waals surface area contributed by atoms with Crippen LogP contribution in [0.4, 0.5) is 0 Å². The Morgan fingerprint density at radius 2 is 1.73 bits per heavy atom. The molecule has 136 valence electrons. The summed E-state index contributed by atoms with van der Waals surface area (Å²) in [7, 11) is 4.71. The van der Waals surface area contributed by atoms with Crippen molar-refractivity contribution in [2.24, 2.45) is 15.9 Å². The number of hydrogen-bond acceptors (Lipinski definition) is 7. The van der Waals surface area contributed by atoms with Crippen LogP contribution in [0.1, 0.15) is 11.1 Å². The van der Waals surface area contributed by atoms with Gasteiger partial charge in [-0.05, 0) is 12.1 Å². The number of aliphatic imine (C=N–C) groups is 1. The van der Waals surface area contributed by atoms with Crippen LogP contribution < -0.4 is 25.4 Å². The number of hydrogen-bond donors (Lipinski definition) is 2. The van der Waals surface area contributed by atoms with Crippen molar-refractivity contribution in [3.8, 4) is 17.2 Å². The zero-order chi connectivity index (χ0) is 18.5. The molecule has 7 heteroatoms. The van der Waals surface area contributed by atoms with E-state index in [-0.39, 0.29) is 6.04 Å². The highest BCUT2D eigenvalue weighted by Crippen LogP contribution is 2.38. The van der Waals surface area contributed by atoms with E-state index in [4.69, 9.17) is 20.1 Å². The molecular formula is C19H22N4O3. The second-order valence-corrected chi connectivity index (χ2v) is 5.68. The molecule has 0 radical (unpaired) electrons. The number of hydrazone groups is 1. The smallest absolute Gasteiger partial charge is 0.203 e. The van der Waals surface area contributed by atoms with Crippen LogP contribution in [0.5, 0.6) is 17.2 Å². The minimum absolute atomic E-state index is 0.141. The van der Waals surface area contributed by atoms with Crippen molar-refractivity contribution >= 4 is 11.5 Å². The Kier molecular flexibility index (Phi) is 5.26. The summed E-state index contributed by atoms with van der Waals surface area (Å²) in [6.45, 7) is 0.539. The van der Waals surface area contributed by atoms with Gasteiger partial charge in [-0.1, -0.05) is 30.3 Å². The van der Waals surface area contributed by atoms with Gasteiger partial charge in [0.1, 0.15) is 5.84 Å². The Bertz CT molecular complexity index is 809. The van der Waals surface area contributed by atoms with Crippen molar-refractivity contribution in [3.05, 3.63) is 53.6 Å². The van der Waals surface area contributed by atoms with Gasteiger partial charge in [0.2, 0.25) is 5.75 Å². The Morgan fingerprint density at radius 3 is 2.27 bits per heavy atom. The van der Waals surface area contributed by atoms with E-state index in [2.05, 4.69) is 15.4 Å². The summed E-state index contributed by atoms with van der Waals surface area (Å²) in [5.74, 6) is 8.15. The largest absolute Gasteiger partial charge is 0.493 e. The molecule has 3 rings (SSSR count). The van der Waals surface area contributed by atoms with E-state index in [1.54, 1.807) is 21.3 Å². The number of nitrogens with two attached hydrogens (primary N) is 1. The highest BCUT2D eigenvalue weighted by molar-refractivity contribution is 6.10. The third kappa shape index (κ3) is 3.28. The number of benzene rings is 2. The minimum atomic E-state index is -0.141. The molecule has 7 nitrogen and oxygen atoms in total. The van der Waals surface area contributed by atoms with Crippen molar-refractivity contribution in [2.45, 2.75) is 6.04 Å². The van der Waals surface area contributed by atoms with Gasteiger partial charge in [0.05, 0.1) is 39.6 Å². The molecule has 3 N–H and O–H groups in total. The molecule has 0 amide bonds. The lowest BCUT2D eigenvalue weighted by Gasteiger charge is -2.18. The predicted molar refractivity (Wildman–Crippen MR) is 102 cm³/mol. The molecule has 2 aromatic carbocycles. The van der Waals surface area contributed by atoms with E-state index >= 15 is 0 Å². The van der Waals surface area contributed by atoms with Gasteiger partial charge >= 0.3 is 0 Å². The fourth-order valence-electron chi connectivity index (χ4n) is 2.96. The van der Waals surface area contributed by atoms with Crippen LogP contribution in [0.15, 0.2) is 52.6 Å². The van der Waals surface area contributed by atoms with Gasteiger partial charge in [-0.2, -0.15) is 5.10 Å². The van der Waals surface area contributed by atoms with Crippen molar-refractivity contribution in [2.75, 3.05) is 27.9 Å². The van der Waals surface area contributed by atoms with E-state index in [0.717, 1.165) is 17.0 Å². The molecule has 1 unspecified atom stereocenters. The highest BCUT2D eigenvalue weighted by Gasteiger charge is 2.26. The first kappa shape index (κ1) is 17.6.